The maximum absolute atomic E-state index is 12.5. The lowest BCUT2D eigenvalue weighted by Crippen LogP contribution is -2.25. The molecule has 27 heavy (non-hydrogen) atoms. The van der Waals surface area contributed by atoms with Crippen LogP contribution in [0.25, 0.3) is 10.2 Å². The number of fused-ring (bicyclic) bond motifs is 1. The number of hydrogen-bond donors (Lipinski definition) is 1. The minimum atomic E-state index is -3.58. The number of benzene rings is 2. The highest BCUT2D eigenvalue weighted by atomic mass is 35.5. The van der Waals surface area contributed by atoms with E-state index in [9.17, 15) is 13.2 Å². The highest BCUT2D eigenvalue weighted by Gasteiger charge is 2.16. The van der Waals surface area contributed by atoms with Gasteiger partial charge in [-0.25, -0.2) is 13.1 Å². The molecule has 0 aliphatic carbocycles. The number of aromatic nitrogens is 1. The van der Waals surface area contributed by atoms with Crippen molar-refractivity contribution in [1.29, 1.82) is 0 Å². The van der Waals surface area contributed by atoms with Crippen LogP contribution in [0.3, 0.4) is 0 Å². The van der Waals surface area contributed by atoms with Gasteiger partial charge in [-0.05, 0) is 48.2 Å². The van der Waals surface area contributed by atoms with Crippen molar-refractivity contribution in [3.8, 4) is 0 Å². The van der Waals surface area contributed by atoms with Crippen molar-refractivity contribution in [2.45, 2.75) is 31.7 Å². The smallest absolute Gasteiger partial charge is 0.294 e. The zero-order valence-electron chi connectivity index (χ0n) is 15.1. The molecule has 0 aliphatic rings. The van der Waals surface area contributed by atoms with Crippen LogP contribution in [-0.2, 0) is 16.6 Å². The fraction of sp³-hybridized carbons (Fsp3) is 0.316. The van der Waals surface area contributed by atoms with E-state index in [0.717, 1.165) is 28.8 Å². The number of sulfonamides is 1. The summed E-state index contributed by atoms with van der Waals surface area (Å²) in [6.07, 6.45) is 0.770. The molecule has 0 saturated carbocycles. The van der Waals surface area contributed by atoms with E-state index in [1.54, 1.807) is 34.9 Å². The average Bonchev–Trinajstić information content (AvgIpc) is 2.91. The fourth-order valence-corrected chi connectivity index (χ4v) is 4.91. The zero-order chi connectivity index (χ0) is 19.6. The molecule has 8 heteroatoms. The maximum Gasteiger partial charge on any atom is 0.308 e. The molecule has 2 aromatic carbocycles. The van der Waals surface area contributed by atoms with Gasteiger partial charge in [0.25, 0.3) is 0 Å². The molecule has 1 heterocycles. The summed E-state index contributed by atoms with van der Waals surface area (Å²) < 4.78 is 29.9. The van der Waals surface area contributed by atoms with E-state index in [2.05, 4.69) is 4.72 Å². The second-order valence-corrected chi connectivity index (χ2v) is 9.99. The Bertz CT molecular complexity index is 1100. The third kappa shape index (κ3) is 4.79. The van der Waals surface area contributed by atoms with Crippen LogP contribution >= 0.6 is 22.9 Å². The Balaban J connectivity index is 1.89. The van der Waals surface area contributed by atoms with E-state index >= 15 is 0 Å². The molecule has 3 rings (SSSR count). The highest BCUT2D eigenvalue weighted by Crippen LogP contribution is 2.23. The molecule has 0 spiro atoms. The number of rotatable bonds is 7. The first-order chi connectivity index (χ1) is 12.8. The van der Waals surface area contributed by atoms with Gasteiger partial charge >= 0.3 is 4.87 Å². The third-order valence-corrected chi connectivity index (χ3v) is 6.87. The molecular formula is C19H21ClN2O3S2. The molecule has 0 saturated heterocycles. The molecule has 0 aliphatic heterocycles. The standard InChI is InChI=1S/C19H21ClN2O3S2/c1-13(2)9-10-21-27(24,25)16-7-8-17-18(11-16)26-19(23)22(17)12-14-3-5-15(20)6-4-14/h3-8,11,13,21H,9-10,12H2,1-2H3. The predicted molar refractivity (Wildman–Crippen MR) is 111 cm³/mol. The van der Waals surface area contributed by atoms with Gasteiger partial charge in [0.15, 0.2) is 0 Å². The minimum Gasteiger partial charge on any atom is -0.294 e. The summed E-state index contributed by atoms with van der Waals surface area (Å²) in [7, 11) is -3.58. The molecule has 0 radical (unpaired) electrons. The summed E-state index contributed by atoms with van der Waals surface area (Å²) in [5.41, 5.74) is 1.68. The van der Waals surface area contributed by atoms with E-state index in [1.807, 2.05) is 26.0 Å². The molecule has 1 aromatic heterocycles. The van der Waals surface area contributed by atoms with E-state index in [-0.39, 0.29) is 9.77 Å². The molecule has 0 fully saturated rings. The summed E-state index contributed by atoms with van der Waals surface area (Å²) in [5.74, 6) is 0.419. The Morgan fingerprint density at radius 2 is 1.85 bits per heavy atom. The van der Waals surface area contributed by atoms with Gasteiger partial charge in [0, 0.05) is 11.6 Å². The number of hydrogen-bond acceptors (Lipinski definition) is 4. The average molecular weight is 425 g/mol. The van der Waals surface area contributed by atoms with Gasteiger partial charge in [-0.15, -0.1) is 0 Å². The normalized spacial score (nSPS) is 12.1. The summed E-state index contributed by atoms with van der Waals surface area (Å²) >= 11 is 6.95. The lowest BCUT2D eigenvalue weighted by Gasteiger charge is -2.09. The Kier molecular flexibility index (Phi) is 6.05. The van der Waals surface area contributed by atoms with Gasteiger partial charge in [-0.3, -0.25) is 9.36 Å². The van der Waals surface area contributed by atoms with Crippen molar-refractivity contribution in [2.24, 2.45) is 5.92 Å². The Morgan fingerprint density at radius 1 is 1.15 bits per heavy atom. The Morgan fingerprint density at radius 3 is 2.52 bits per heavy atom. The largest absolute Gasteiger partial charge is 0.308 e. The molecule has 0 atom stereocenters. The van der Waals surface area contributed by atoms with Crippen molar-refractivity contribution in [1.82, 2.24) is 9.29 Å². The maximum atomic E-state index is 12.5. The lowest BCUT2D eigenvalue weighted by molar-refractivity contribution is 0.551. The minimum absolute atomic E-state index is 0.123. The van der Waals surface area contributed by atoms with Crippen LogP contribution in [0.1, 0.15) is 25.8 Å². The number of nitrogens with zero attached hydrogens (tertiary/aromatic N) is 1. The first kappa shape index (κ1) is 20.1. The SMILES string of the molecule is CC(C)CCNS(=O)(=O)c1ccc2c(c1)sc(=O)n2Cc1ccc(Cl)cc1. The number of halogens is 1. The van der Waals surface area contributed by atoms with Gasteiger partial charge in [-0.2, -0.15) is 0 Å². The molecule has 5 nitrogen and oxygen atoms in total. The zero-order valence-corrected chi connectivity index (χ0v) is 17.5. The molecule has 1 N–H and O–H groups in total. The monoisotopic (exact) mass is 424 g/mol. The second-order valence-electron chi connectivity index (χ2n) is 6.79. The van der Waals surface area contributed by atoms with E-state index in [0.29, 0.717) is 28.7 Å². The van der Waals surface area contributed by atoms with Crippen molar-refractivity contribution in [2.75, 3.05) is 6.54 Å². The van der Waals surface area contributed by atoms with Crippen LogP contribution in [-0.4, -0.2) is 19.5 Å². The van der Waals surface area contributed by atoms with Gasteiger partial charge in [-0.1, -0.05) is 48.9 Å². The first-order valence-corrected chi connectivity index (χ1v) is 11.3. The van der Waals surface area contributed by atoms with Gasteiger partial charge < -0.3 is 0 Å². The van der Waals surface area contributed by atoms with Crippen LogP contribution < -0.4 is 9.60 Å². The molecule has 144 valence electrons. The molecular weight excluding hydrogens is 404 g/mol. The second kappa shape index (κ2) is 8.14. The Labute approximate surface area is 167 Å². The summed E-state index contributed by atoms with van der Waals surface area (Å²) in [5, 5.41) is 0.640. The van der Waals surface area contributed by atoms with E-state index < -0.39 is 10.0 Å². The molecule has 3 aromatic rings. The fourth-order valence-electron chi connectivity index (χ4n) is 2.70. The third-order valence-electron chi connectivity index (χ3n) is 4.22. The van der Waals surface area contributed by atoms with Crippen LogP contribution in [0, 0.1) is 5.92 Å². The van der Waals surface area contributed by atoms with Crippen LogP contribution in [0.2, 0.25) is 5.02 Å². The number of nitrogens with one attached hydrogen (secondary N) is 1. The van der Waals surface area contributed by atoms with Crippen molar-refractivity contribution >= 4 is 43.2 Å². The van der Waals surface area contributed by atoms with Gasteiger partial charge in [0.2, 0.25) is 10.0 Å². The van der Waals surface area contributed by atoms with Crippen molar-refractivity contribution in [3.05, 3.63) is 62.7 Å². The van der Waals surface area contributed by atoms with Gasteiger partial charge in [0.05, 0.1) is 21.7 Å². The summed E-state index contributed by atoms with van der Waals surface area (Å²) in [4.78, 5) is 12.5. The predicted octanol–water partition coefficient (Wildman–Crippen LogP) is 4.09. The van der Waals surface area contributed by atoms with Crippen LogP contribution in [0.4, 0.5) is 0 Å². The lowest BCUT2D eigenvalue weighted by atomic mass is 10.1. The first-order valence-electron chi connectivity index (χ1n) is 8.64. The quantitative estimate of drug-likeness (QED) is 0.621. The highest BCUT2D eigenvalue weighted by molar-refractivity contribution is 7.89. The van der Waals surface area contributed by atoms with E-state index in [1.165, 1.54) is 0 Å². The van der Waals surface area contributed by atoms with E-state index in [4.69, 9.17) is 11.6 Å². The number of thiazole rings is 1. The molecule has 0 unspecified atom stereocenters. The molecule has 0 bridgehead atoms. The van der Waals surface area contributed by atoms with Crippen LogP contribution in [0.5, 0.6) is 0 Å². The van der Waals surface area contributed by atoms with Gasteiger partial charge in [0.1, 0.15) is 0 Å². The van der Waals surface area contributed by atoms with Crippen LogP contribution in [0.15, 0.2) is 52.2 Å². The van der Waals surface area contributed by atoms with Crippen molar-refractivity contribution < 1.29 is 8.42 Å². The Hall–Kier alpha value is -1.67. The summed E-state index contributed by atoms with van der Waals surface area (Å²) in [6, 6.07) is 12.1. The topological polar surface area (TPSA) is 68.2 Å². The van der Waals surface area contributed by atoms with Crippen molar-refractivity contribution in [3.63, 3.8) is 0 Å². The summed E-state index contributed by atoms with van der Waals surface area (Å²) in [6.45, 7) is 4.89. The molecule has 0 amide bonds.